The van der Waals surface area contributed by atoms with Crippen molar-refractivity contribution in [1.29, 1.82) is 0 Å². The number of likely N-dealkylation sites (tertiary alicyclic amines) is 1. The van der Waals surface area contributed by atoms with E-state index in [1.54, 1.807) is 11.1 Å². The number of ether oxygens (including phenoxy) is 1. The van der Waals surface area contributed by atoms with Crippen molar-refractivity contribution in [2.75, 3.05) is 6.54 Å². The Bertz CT molecular complexity index is 508. The molecule has 0 aromatic carbocycles. The summed E-state index contributed by atoms with van der Waals surface area (Å²) in [6, 6.07) is 5.11. The minimum Gasteiger partial charge on any atom is -0.444 e. The first-order valence-corrected chi connectivity index (χ1v) is 7.29. The number of hydrogen-bond donors (Lipinski definition) is 0. The number of amides is 1. The van der Waals surface area contributed by atoms with Crippen molar-refractivity contribution < 1.29 is 14.3 Å². The smallest absolute Gasteiger partial charge is 0.410 e. The highest BCUT2D eigenvalue weighted by Crippen LogP contribution is 2.22. The quantitative estimate of drug-likeness (QED) is 0.858. The lowest BCUT2D eigenvalue weighted by Crippen LogP contribution is -2.43. The fraction of sp³-hybridized carbons (Fsp3) is 0.562. The summed E-state index contributed by atoms with van der Waals surface area (Å²) < 4.78 is 5.37. The minimum atomic E-state index is -0.547. The SMILES string of the molecule is CC(C)(C)OC(=O)N1CCCC1C(=O)Cc1ccccn1. The molecule has 2 rings (SSSR count). The summed E-state index contributed by atoms with van der Waals surface area (Å²) in [6.45, 7) is 6.05. The summed E-state index contributed by atoms with van der Waals surface area (Å²) in [6.07, 6.45) is 3.05. The summed E-state index contributed by atoms with van der Waals surface area (Å²) in [7, 11) is 0. The van der Waals surface area contributed by atoms with Crippen LogP contribution in [0.25, 0.3) is 0 Å². The highest BCUT2D eigenvalue weighted by atomic mass is 16.6. The van der Waals surface area contributed by atoms with E-state index in [-0.39, 0.29) is 18.2 Å². The van der Waals surface area contributed by atoms with E-state index in [1.807, 2.05) is 39.0 Å². The Labute approximate surface area is 125 Å². The standard InChI is InChI=1S/C16H22N2O3/c1-16(2,3)21-15(20)18-10-6-8-13(18)14(19)11-12-7-4-5-9-17-12/h4-5,7,9,13H,6,8,10-11H2,1-3H3. The maximum absolute atomic E-state index is 12.4. The van der Waals surface area contributed by atoms with Crippen molar-refractivity contribution in [3.63, 3.8) is 0 Å². The maximum atomic E-state index is 12.4. The second-order valence-corrected chi connectivity index (χ2v) is 6.30. The summed E-state index contributed by atoms with van der Waals surface area (Å²) in [5.74, 6) is 0.0251. The van der Waals surface area contributed by atoms with Crippen molar-refractivity contribution in [3.8, 4) is 0 Å². The Hall–Kier alpha value is -1.91. The van der Waals surface area contributed by atoms with Crippen LogP contribution in [0, 0.1) is 0 Å². The van der Waals surface area contributed by atoms with E-state index in [2.05, 4.69) is 4.98 Å². The first kappa shape index (κ1) is 15.5. The van der Waals surface area contributed by atoms with Crippen LogP contribution in [-0.2, 0) is 16.0 Å². The van der Waals surface area contributed by atoms with Crippen LogP contribution in [-0.4, -0.2) is 39.9 Å². The van der Waals surface area contributed by atoms with Crippen LogP contribution in [0.4, 0.5) is 4.79 Å². The van der Waals surface area contributed by atoms with E-state index < -0.39 is 11.7 Å². The molecule has 1 aliphatic heterocycles. The van der Waals surface area contributed by atoms with Gasteiger partial charge in [0.25, 0.3) is 0 Å². The third-order valence-electron chi connectivity index (χ3n) is 3.33. The predicted molar refractivity (Wildman–Crippen MR) is 78.9 cm³/mol. The summed E-state index contributed by atoms with van der Waals surface area (Å²) in [5, 5.41) is 0. The average molecular weight is 290 g/mol. The van der Waals surface area contributed by atoms with Crippen LogP contribution in [0.2, 0.25) is 0 Å². The van der Waals surface area contributed by atoms with Gasteiger partial charge in [-0.15, -0.1) is 0 Å². The normalized spacial score (nSPS) is 18.6. The van der Waals surface area contributed by atoms with Gasteiger partial charge in [0.15, 0.2) is 5.78 Å². The lowest BCUT2D eigenvalue weighted by molar-refractivity contribution is -0.122. The van der Waals surface area contributed by atoms with Gasteiger partial charge in [-0.05, 0) is 45.7 Å². The molecule has 0 bridgehead atoms. The molecule has 21 heavy (non-hydrogen) atoms. The van der Waals surface area contributed by atoms with Gasteiger partial charge < -0.3 is 4.74 Å². The Morgan fingerprint density at radius 3 is 2.76 bits per heavy atom. The third kappa shape index (κ3) is 4.28. The Morgan fingerprint density at radius 2 is 2.14 bits per heavy atom. The number of rotatable bonds is 3. The van der Waals surface area contributed by atoms with Crippen LogP contribution in [0.3, 0.4) is 0 Å². The molecule has 1 unspecified atom stereocenters. The summed E-state index contributed by atoms with van der Waals surface area (Å²) >= 11 is 0. The van der Waals surface area contributed by atoms with Crippen molar-refractivity contribution >= 4 is 11.9 Å². The van der Waals surface area contributed by atoms with Gasteiger partial charge in [0.2, 0.25) is 0 Å². The molecule has 5 nitrogen and oxygen atoms in total. The van der Waals surface area contributed by atoms with Crippen LogP contribution in [0.5, 0.6) is 0 Å². The highest BCUT2D eigenvalue weighted by molar-refractivity contribution is 5.89. The van der Waals surface area contributed by atoms with Crippen molar-refractivity contribution in [2.45, 2.75) is 51.7 Å². The molecule has 1 saturated heterocycles. The van der Waals surface area contributed by atoms with E-state index in [4.69, 9.17) is 4.74 Å². The van der Waals surface area contributed by atoms with Crippen LogP contribution < -0.4 is 0 Å². The molecule has 1 aromatic heterocycles. The number of pyridine rings is 1. The molecule has 0 aliphatic carbocycles. The van der Waals surface area contributed by atoms with E-state index >= 15 is 0 Å². The van der Waals surface area contributed by atoms with E-state index in [0.29, 0.717) is 13.0 Å². The van der Waals surface area contributed by atoms with E-state index in [1.165, 1.54) is 0 Å². The zero-order chi connectivity index (χ0) is 15.5. The number of carbonyl (C=O) groups is 2. The first-order chi connectivity index (χ1) is 9.87. The maximum Gasteiger partial charge on any atom is 0.410 e. The molecule has 114 valence electrons. The number of nitrogens with zero attached hydrogens (tertiary/aromatic N) is 2. The number of aromatic nitrogens is 1. The van der Waals surface area contributed by atoms with Crippen LogP contribution in [0.1, 0.15) is 39.3 Å². The van der Waals surface area contributed by atoms with Crippen molar-refractivity contribution in [2.24, 2.45) is 0 Å². The summed E-state index contributed by atoms with van der Waals surface area (Å²) in [4.78, 5) is 30.3. The van der Waals surface area contributed by atoms with Gasteiger partial charge in [-0.2, -0.15) is 0 Å². The molecular formula is C16H22N2O3. The molecule has 1 fully saturated rings. The molecule has 1 aromatic rings. The van der Waals surface area contributed by atoms with Gasteiger partial charge in [-0.3, -0.25) is 14.7 Å². The van der Waals surface area contributed by atoms with Gasteiger partial charge in [0.1, 0.15) is 5.60 Å². The van der Waals surface area contributed by atoms with Gasteiger partial charge in [-0.1, -0.05) is 6.07 Å². The first-order valence-electron chi connectivity index (χ1n) is 7.29. The van der Waals surface area contributed by atoms with Crippen LogP contribution in [0.15, 0.2) is 24.4 Å². The lowest BCUT2D eigenvalue weighted by Gasteiger charge is -2.27. The molecule has 1 aliphatic rings. The van der Waals surface area contributed by atoms with Crippen LogP contribution >= 0.6 is 0 Å². The molecule has 0 N–H and O–H groups in total. The molecule has 0 saturated carbocycles. The Kier molecular flexibility index (Phi) is 4.60. The third-order valence-corrected chi connectivity index (χ3v) is 3.33. The number of carbonyl (C=O) groups excluding carboxylic acids is 2. The molecule has 1 atom stereocenters. The fourth-order valence-electron chi connectivity index (χ4n) is 2.44. The lowest BCUT2D eigenvalue weighted by atomic mass is 10.1. The number of hydrogen-bond acceptors (Lipinski definition) is 4. The molecule has 2 heterocycles. The number of ketones is 1. The summed E-state index contributed by atoms with van der Waals surface area (Å²) in [5.41, 5.74) is 0.187. The van der Waals surface area contributed by atoms with Gasteiger partial charge in [0.05, 0.1) is 12.5 Å². The molecule has 1 amide bonds. The monoisotopic (exact) mass is 290 g/mol. The van der Waals surface area contributed by atoms with E-state index in [9.17, 15) is 9.59 Å². The minimum absolute atomic E-state index is 0.0251. The predicted octanol–water partition coefficient (Wildman–Crippen LogP) is 2.59. The van der Waals surface area contributed by atoms with E-state index in [0.717, 1.165) is 12.1 Å². The second-order valence-electron chi connectivity index (χ2n) is 6.30. The molecule has 0 radical (unpaired) electrons. The zero-order valence-corrected chi connectivity index (χ0v) is 12.8. The molecule has 0 spiro atoms. The Morgan fingerprint density at radius 1 is 1.38 bits per heavy atom. The fourth-order valence-corrected chi connectivity index (χ4v) is 2.44. The van der Waals surface area contributed by atoms with Gasteiger partial charge in [-0.25, -0.2) is 4.79 Å². The van der Waals surface area contributed by atoms with Crippen molar-refractivity contribution in [3.05, 3.63) is 30.1 Å². The average Bonchev–Trinajstić information content (AvgIpc) is 2.87. The molecular weight excluding hydrogens is 268 g/mol. The van der Waals surface area contributed by atoms with Gasteiger partial charge >= 0.3 is 6.09 Å². The Balaban J connectivity index is 2.01. The number of Topliss-reactive ketones (excluding diaryl/α,β-unsaturated/α-hetero) is 1. The largest absolute Gasteiger partial charge is 0.444 e. The highest BCUT2D eigenvalue weighted by Gasteiger charge is 2.36. The molecule has 5 heteroatoms. The second kappa shape index (κ2) is 6.24. The zero-order valence-electron chi connectivity index (χ0n) is 12.8. The topological polar surface area (TPSA) is 59.5 Å². The van der Waals surface area contributed by atoms with Gasteiger partial charge in [0, 0.05) is 18.4 Å². The van der Waals surface area contributed by atoms with Crippen molar-refractivity contribution in [1.82, 2.24) is 9.88 Å².